The number of nitrogens with zero attached hydrogens (tertiary/aromatic N) is 3. The Morgan fingerprint density at radius 3 is 2.24 bits per heavy atom. The molecule has 4 heterocycles. The molecule has 0 radical (unpaired) electrons. The summed E-state index contributed by atoms with van der Waals surface area (Å²) in [6.07, 6.45) is 1.32. The lowest BCUT2D eigenvalue weighted by Crippen LogP contribution is -2.63. The van der Waals surface area contributed by atoms with E-state index in [0.29, 0.717) is 13.1 Å². The quantitative estimate of drug-likeness (QED) is 0.784. The summed E-state index contributed by atoms with van der Waals surface area (Å²) in [4.78, 5) is 31.8. The van der Waals surface area contributed by atoms with Gasteiger partial charge in [-0.3, -0.25) is 9.69 Å². The highest BCUT2D eigenvalue weighted by Crippen LogP contribution is 2.43. The standard InChI is InChI=1S/C23H25N3O3/c27-21-23(16-24-13-11-19(23)12-14-24)29-22(28)26(21)17-25(20-9-5-2-6-10-20)15-18-7-3-1-4-8-18/h1-10,19H,11-17H2. The maximum Gasteiger partial charge on any atom is 0.419 e. The van der Waals surface area contributed by atoms with Gasteiger partial charge in [-0.1, -0.05) is 48.5 Å². The molecule has 4 aliphatic heterocycles. The van der Waals surface area contributed by atoms with E-state index in [1.807, 2.05) is 48.5 Å². The molecule has 2 aromatic rings. The zero-order valence-corrected chi connectivity index (χ0v) is 16.4. The van der Waals surface area contributed by atoms with E-state index in [2.05, 4.69) is 21.9 Å². The molecule has 4 fully saturated rings. The van der Waals surface area contributed by atoms with Crippen LogP contribution >= 0.6 is 0 Å². The molecule has 150 valence electrons. The predicted molar refractivity (Wildman–Crippen MR) is 109 cm³/mol. The Morgan fingerprint density at radius 1 is 0.966 bits per heavy atom. The Kier molecular flexibility index (Phi) is 4.51. The summed E-state index contributed by atoms with van der Waals surface area (Å²) in [6.45, 7) is 3.29. The van der Waals surface area contributed by atoms with E-state index in [1.54, 1.807) is 0 Å². The molecular weight excluding hydrogens is 366 g/mol. The van der Waals surface area contributed by atoms with Crippen molar-refractivity contribution in [3.63, 3.8) is 0 Å². The summed E-state index contributed by atoms with van der Waals surface area (Å²) in [5.74, 6) is -0.0425. The van der Waals surface area contributed by atoms with Gasteiger partial charge in [0.1, 0.15) is 6.67 Å². The van der Waals surface area contributed by atoms with Gasteiger partial charge in [0.15, 0.2) is 0 Å². The van der Waals surface area contributed by atoms with Gasteiger partial charge < -0.3 is 9.64 Å². The smallest absolute Gasteiger partial charge is 0.419 e. The number of para-hydroxylation sites is 1. The first kappa shape index (κ1) is 18.2. The molecule has 2 bridgehead atoms. The van der Waals surface area contributed by atoms with E-state index in [1.165, 1.54) is 4.90 Å². The van der Waals surface area contributed by atoms with Crippen LogP contribution in [0.25, 0.3) is 0 Å². The highest BCUT2D eigenvalue weighted by molar-refractivity contribution is 6.03. The fraction of sp³-hybridized carbons (Fsp3) is 0.391. The lowest BCUT2D eigenvalue weighted by molar-refractivity contribution is -0.153. The topological polar surface area (TPSA) is 53.1 Å². The van der Waals surface area contributed by atoms with Gasteiger partial charge in [-0.2, -0.15) is 0 Å². The number of amides is 2. The van der Waals surface area contributed by atoms with Crippen LogP contribution in [0.2, 0.25) is 0 Å². The lowest BCUT2D eigenvalue weighted by Gasteiger charge is -2.48. The van der Waals surface area contributed by atoms with Gasteiger partial charge in [0, 0.05) is 24.7 Å². The van der Waals surface area contributed by atoms with E-state index in [9.17, 15) is 9.59 Å². The van der Waals surface area contributed by atoms with Gasteiger partial charge >= 0.3 is 6.09 Å². The molecule has 4 aliphatic rings. The first-order valence-electron chi connectivity index (χ1n) is 10.3. The Balaban J connectivity index is 1.41. The van der Waals surface area contributed by atoms with Crippen molar-refractivity contribution in [2.75, 3.05) is 31.2 Å². The molecule has 2 amide bonds. The van der Waals surface area contributed by atoms with E-state index >= 15 is 0 Å². The molecule has 0 aliphatic carbocycles. The van der Waals surface area contributed by atoms with Crippen molar-refractivity contribution in [1.82, 2.24) is 9.80 Å². The van der Waals surface area contributed by atoms with Crippen molar-refractivity contribution in [3.8, 4) is 0 Å². The normalized spacial score (nSPS) is 28.1. The molecule has 6 heteroatoms. The lowest BCUT2D eigenvalue weighted by atomic mass is 9.75. The Morgan fingerprint density at radius 2 is 1.62 bits per heavy atom. The summed E-state index contributed by atoms with van der Waals surface area (Å²) >= 11 is 0. The molecule has 2 aromatic carbocycles. The van der Waals surface area contributed by atoms with Crippen LogP contribution in [0.1, 0.15) is 18.4 Å². The molecule has 1 atom stereocenters. The number of carbonyl (C=O) groups excluding carboxylic acids is 2. The maximum atomic E-state index is 13.4. The molecule has 1 spiro atoms. The zero-order chi connectivity index (χ0) is 19.8. The molecule has 29 heavy (non-hydrogen) atoms. The summed E-state index contributed by atoms with van der Waals surface area (Å²) in [5.41, 5.74) is 1.10. The van der Waals surface area contributed by atoms with Gasteiger partial charge in [-0.05, 0) is 43.6 Å². The van der Waals surface area contributed by atoms with Crippen molar-refractivity contribution in [1.29, 1.82) is 0 Å². The molecular formula is C23H25N3O3. The third-order valence-electron chi connectivity index (χ3n) is 6.45. The van der Waals surface area contributed by atoms with Crippen molar-refractivity contribution in [2.45, 2.75) is 25.0 Å². The number of benzene rings is 2. The van der Waals surface area contributed by atoms with Crippen molar-refractivity contribution >= 4 is 17.7 Å². The van der Waals surface area contributed by atoms with Crippen LogP contribution in [0.4, 0.5) is 10.5 Å². The molecule has 0 N–H and O–H groups in total. The number of imide groups is 1. The Labute approximate surface area is 170 Å². The number of piperidine rings is 3. The van der Waals surface area contributed by atoms with Crippen LogP contribution in [-0.4, -0.2) is 53.7 Å². The summed E-state index contributed by atoms with van der Waals surface area (Å²) < 4.78 is 5.80. The largest absolute Gasteiger partial charge is 0.431 e. The van der Waals surface area contributed by atoms with Crippen LogP contribution in [-0.2, 0) is 16.1 Å². The van der Waals surface area contributed by atoms with E-state index in [-0.39, 0.29) is 18.5 Å². The van der Waals surface area contributed by atoms with Crippen molar-refractivity contribution in [3.05, 3.63) is 66.2 Å². The molecule has 6 rings (SSSR count). The van der Waals surface area contributed by atoms with Crippen LogP contribution < -0.4 is 4.90 Å². The third-order valence-corrected chi connectivity index (χ3v) is 6.45. The monoisotopic (exact) mass is 391 g/mol. The minimum absolute atomic E-state index is 0.133. The third kappa shape index (κ3) is 3.17. The maximum absolute atomic E-state index is 13.4. The van der Waals surface area contributed by atoms with Gasteiger partial charge in [0.25, 0.3) is 5.91 Å². The molecule has 0 saturated carbocycles. The average Bonchev–Trinajstić information content (AvgIpc) is 2.99. The van der Waals surface area contributed by atoms with Crippen LogP contribution in [0.3, 0.4) is 0 Å². The summed E-state index contributed by atoms with van der Waals surface area (Å²) in [6, 6.07) is 20.0. The van der Waals surface area contributed by atoms with E-state index in [4.69, 9.17) is 4.74 Å². The molecule has 0 aromatic heterocycles. The molecule has 1 unspecified atom stereocenters. The SMILES string of the molecule is O=C1OC2(CN3CCC2CC3)C(=O)N1CN(Cc1ccccc1)c1ccccc1. The molecule has 6 nitrogen and oxygen atoms in total. The Bertz CT molecular complexity index is 896. The van der Waals surface area contributed by atoms with Crippen molar-refractivity contribution < 1.29 is 14.3 Å². The van der Waals surface area contributed by atoms with Gasteiger partial charge in [-0.15, -0.1) is 0 Å². The highest BCUT2D eigenvalue weighted by Gasteiger charge is 2.62. The van der Waals surface area contributed by atoms with Gasteiger partial charge in [0.05, 0.1) is 0 Å². The summed E-state index contributed by atoms with van der Waals surface area (Å²) in [5, 5.41) is 0. The second-order valence-corrected chi connectivity index (χ2v) is 8.20. The minimum Gasteiger partial charge on any atom is -0.431 e. The van der Waals surface area contributed by atoms with Crippen molar-refractivity contribution in [2.24, 2.45) is 5.92 Å². The summed E-state index contributed by atoms with van der Waals surface area (Å²) in [7, 11) is 0. The first-order valence-corrected chi connectivity index (χ1v) is 10.3. The van der Waals surface area contributed by atoms with E-state index < -0.39 is 11.7 Å². The number of ether oxygens (including phenoxy) is 1. The zero-order valence-electron chi connectivity index (χ0n) is 16.4. The number of hydrogen-bond donors (Lipinski definition) is 0. The first-order chi connectivity index (χ1) is 14.2. The van der Waals surface area contributed by atoms with Crippen LogP contribution in [0.5, 0.6) is 0 Å². The highest BCUT2D eigenvalue weighted by atomic mass is 16.6. The molecule has 4 saturated heterocycles. The fourth-order valence-corrected chi connectivity index (χ4v) is 4.90. The number of anilines is 1. The van der Waals surface area contributed by atoms with Gasteiger partial charge in [-0.25, -0.2) is 9.69 Å². The van der Waals surface area contributed by atoms with Crippen LogP contribution in [0, 0.1) is 5.92 Å². The average molecular weight is 391 g/mol. The van der Waals surface area contributed by atoms with Crippen LogP contribution in [0.15, 0.2) is 60.7 Å². The predicted octanol–water partition coefficient (Wildman–Crippen LogP) is 3.09. The second kappa shape index (κ2) is 7.19. The minimum atomic E-state index is -0.983. The fourth-order valence-electron chi connectivity index (χ4n) is 4.90. The second-order valence-electron chi connectivity index (χ2n) is 8.20. The number of carbonyl (C=O) groups is 2. The Hall–Kier alpha value is -2.86. The van der Waals surface area contributed by atoms with E-state index in [0.717, 1.165) is 37.2 Å². The number of rotatable bonds is 5. The van der Waals surface area contributed by atoms with Gasteiger partial charge in [0.2, 0.25) is 5.60 Å². The number of hydrogen-bond acceptors (Lipinski definition) is 5. The number of fused-ring (bicyclic) bond motifs is 2.